The summed E-state index contributed by atoms with van der Waals surface area (Å²) in [5.74, 6) is -0.833. The van der Waals surface area contributed by atoms with Crippen LogP contribution in [0.15, 0.2) is 36.5 Å². The van der Waals surface area contributed by atoms with Crippen molar-refractivity contribution < 1.29 is 14.4 Å². The molecule has 0 radical (unpaired) electrons. The van der Waals surface area contributed by atoms with Gasteiger partial charge in [0.15, 0.2) is 0 Å². The van der Waals surface area contributed by atoms with Gasteiger partial charge in [-0.15, -0.1) is 0 Å². The monoisotopic (exact) mass is 392 g/mol. The number of carbonyl (C=O) groups is 3. The molecule has 1 saturated heterocycles. The molecule has 7 heteroatoms. The van der Waals surface area contributed by atoms with E-state index in [1.807, 2.05) is 24.3 Å². The summed E-state index contributed by atoms with van der Waals surface area (Å²) in [5.41, 5.74) is 4.45. The van der Waals surface area contributed by atoms with E-state index in [1.165, 1.54) is 0 Å². The van der Waals surface area contributed by atoms with E-state index >= 15 is 0 Å². The normalized spacial score (nSPS) is 18.7. The van der Waals surface area contributed by atoms with Gasteiger partial charge in [0.1, 0.15) is 6.04 Å². The van der Waals surface area contributed by atoms with E-state index in [9.17, 15) is 14.4 Å². The third-order valence-corrected chi connectivity index (χ3v) is 5.40. The van der Waals surface area contributed by atoms with Gasteiger partial charge in [-0.1, -0.05) is 13.0 Å². The van der Waals surface area contributed by atoms with Crippen LogP contribution in [-0.4, -0.2) is 40.2 Å². The summed E-state index contributed by atoms with van der Waals surface area (Å²) in [4.78, 5) is 42.4. The summed E-state index contributed by atoms with van der Waals surface area (Å²) in [6, 6.07) is 9.14. The van der Waals surface area contributed by atoms with Crippen LogP contribution in [-0.2, 0) is 22.7 Å². The van der Waals surface area contributed by atoms with E-state index in [4.69, 9.17) is 0 Å². The first-order valence-electron chi connectivity index (χ1n) is 10.0. The highest BCUT2D eigenvalue weighted by Crippen LogP contribution is 2.30. The Kier molecular flexibility index (Phi) is 5.40. The van der Waals surface area contributed by atoms with Crippen LogP contribution in [0.5, 0.6) is 0 Å². The Balaban J connectivity index is 1.54. The molecular formula is C22H24N4O3. The van der Waals surface area contributed by atoms with Crippen molar-refractivity contribution in [2.24, 2.45) is 0 Å². The zero-order chi connectivity index (χ0) is 20.4. The van der Waals surface area contributed by atoms with Gasteiger partial charge in [0, 0.05) is 36.8 Å². The summed E-state index contributed by atoms with van der Waals surface area (Å²) in [6.45, 7) is 4.26. The maximum atomic E-state index is 12.8. The Labute approximate surface area is 169 Å². The maximum Gasteiger partial charge on any atom is 0.255 e. The Morgan fingerprint density at radius 3 is 2.86 bits per heavy atom. The molecule has 2 aromatic rings. The Hall–Kier alpha value is -3.06. The number of piperidine rings is 1. The Morgan fingerprint density at radius 2 is 2.07 bits per heavy atom. The van der Waals surface area contributed by atoms with Crippen molar-refractivity contribution in [2.75, 3.05) is 6.54 Å². The number of amides is 3. The molecule has 3 heterocycles. The number of fused-ring (bicyclic) bond motifs is 1. The van der Waals surface area contributed by atoms with Crippen LogP contribution in [0.4, 0.5) is 0 Å². The van der Waals surface area contributed by atoms with Gasteiger partial charge in [0.05, 0.1) is 5.69 Å². The molecular weight excluding hydrogens is 368 g/mol. The first kappa shape index (κ1) is 19.3. The van der Waals surface area contributed by atoms with Crippen LogP contribution in [0.2, 0.25) is 0 Å². The molecule has 2 N–H and O–H groups in total. The summed E-state index contributed by atoms with van der Waals surface area (Å²) >= 11 is 0. The van der Waals surface area contributed by atoms with E-state index in [0.717, 1.165) is 41.9 Å². The molecule has 1 fully saturated rings. The molecule has 1 unspecified atom stereocenters. The van der Waals surface area contributed by atoms with E-state index in [1.54, 1.807) is 11.1 Å². The van der Waals surface area contributed by atoms with Crippen LogP contribution in [0.3, 0.4) is 0 Å². The number of benzene rings is 1. The minimum atomic E-state index is -0.595. The Morgan fingerprint density at radius 1 is 1.21 bits per heavy atom. The first-order chi connectivity index (χ1) is 14.1. The lowest BCUT2D eigenvalue weighted by Gasteiger charge is -2.29. The fraction of sp³-hybridized carbons (Fsp3) is 0.364. The average molecular weight is 392 g/mol. The first-order valence-corrected chi connectivity index (χ1v) is 10.0. The van der Waals surface area contributed by atoms with Gasteiger partial charge in [-0.2, -0.15) is 0 Å². The van der Waals surface area contributed by atoms with Crippen molar-refractivity contribution in [3.05, 3.63) is 53.2 Å². The van der Waals surface area contributed by atoms with E-state index in [-0.39, 0.29) is 18.2 Å². The van der Waals surface area contributed by atoms with Crippen LogP contribution in [0.25, 0.3) is 11.3 Å². The summed E-state index contributed by atoms with van der Waals surface area (Å²) in [7, 11) is 0. The number of imide groups is 1. The maximum absolute atomic E-state index is 12.8. The molecule has 29 heavy (non-hydrogen) atoms. The number of nitrogens with zero attached hydrogens (tertiary/aromatic N) is 2. The number of aromatic nitrogens is 1. The lowest BCUT2D eigenvalue weighted by atomic mass is 10.0. The van der Waals surface area contributed by atoms with Crippen LogP contribution >= 0.6 is 0 Å². The minimum Gasteiger partial charge on any atom is -0.322 e. The Bertz CT molecular complexity index is 972. The second-order valence-corrected chi connectivity index (χ2v) is 7.50. The van der Waals surface area contributed by atoms with Crippen molar-refractivity contribution in [3.63, 3.8) is 0 Å². The molecule has 150 valence electrons. The molecule has 0 spiro atoms. The highest BCUT2D eigenvalue weighted by molar-refractivity contribution is 6.05. The molecule has 2 aliphatic rings. The van der Waals surface area contributed by atoms with Gasteiger partial charge in [-0.3, -0.25) is 24.7 Å². The predicted octanol–water partition coefficient (Wildman–Crippen LogP) is 2.01. The van der Waals surface area contributed by atoms with Crippen molar-refractivity contribution in [1.82, 2.24) is 20.5 Å². The molecule has 1 atom stereocenters. The second kappa shape index (κ2) is 8.13. The van der Waals surface area contributed by atoms with Crippen LogP contribution in [0.1, 0.15) is 47.7 Å². The van der Waals surface area contributed by atoms with E-state index < -0.39 is 11.9 Å². The number of nitrogens with one attached hydrogen (secondary N) is 2. The highest BCUT2D eigenvalue weighted by Gasteiger charge is 2.39. The molecule has 0 bridgehead atoms. The van der Waals surface area contributed by atoms with Crippen LogP contribution in [0, 0.1) is 0 Å². The smallest absolute Gasteiger partial charge is 0.255 e. The molecule has 4 rings (SSSR count). The lowest BCUT2D eigenvalue weighted by molar-refractivity contribution is -0.136. The van der Waals surface area contributed by atoms with Crippen molar-refractivity contribution in [3.8, 4) is 11.3 Å². The number of hydrogen-bond donors (Lipinski definition) is 2. The molecule has 1 aromatic carbocycles. The molecule has 0 saturated carbocycles. The minimum absolute atomic E-state index is 0.161. The predicted molar refractivity (Wildman–Crippen MR) is 108 cm³/mol. The summed E-state index contributed by atoms with van der Waals surface area (Å²) in [5, 5.41) is 5.72. The fourth-order valence-electron chi connectivity index (χ4n) is 3.89. The third-order valence-electron chi connectivity index (χ3n) is 5.40. The largest absolute Gasteiger partial charge is 0.322 e. The van der Waals surface area contributed by atoms with Gasteiger partial charge in [0.2, 0.25) is 11.8 Å². The quantitative estimate of drug-likeness (QED) is 0.580. The average Bonchev–Trinajstić information content (AvgIpc) is 3.04. The number of hydrogen-bond acceptors (Lipinski definition) is 5. The molecule has 7 nitrogen and oxygen atoms in total. The van der Waals surface area contributed by atoms with Gasteiger partial charge in [-0.05, 0) is 54.8 Å². The summed E-state index contributed by atoms with van der Waals surface area (Å²) in [6.07, 6.45) is 3.50. The molecule has 2 aliphatic heterocycles. The van der Waals surface area contributed by atoms with Gasteiger partial charge < -0.3 is 10.2 Å². The lowest BCUT2D eigenvalue weighted by Crippen LogP contribution is -2.52. The van der Waals surface area contributed by atoms with Crippen molar-refractivity contribution in [2.45, 2.75) is 45.3 Å². The van der Waals surface area contributed by atoms with Crippen molar-refractivity contribution in [1.29, 1.82) is 0 Å². The van der Waals surface area contributed by atoms with Gasteiger partial charge >= 0.3 is 0 Å². The second-order valence-electron chi connectivity index (χ2n) is 7.50. The molecule has 1 aromatic heterocycles. The van der Waals surface area contributed by atoms with Crippen LogP contribution < -0.4 is 10.6 Å². The molecule has 3 amide bonds. The zero-order valence-corrected chi connectivity index (χ0v) is 16.4. The highest BCUT2D eigenvalue weighted by atomic mass is 16.2. The number of pyridine rings is 1. The van der Waals surface area contributed by atoms with Gasteiger partial charge in [-0.25, -0.2) is 0 Å². The topological polar surface area (TPSA) is 91.4 Å². The summed E-state index contributed by atoms with van der Waals surface area (Å²) < 4.78 is 0. The van der Waals surface area contributed by atoms with Crippen molar-refractivity contribution >= 4 is 17.7 Å². The number of carbonyl (C=O) groups excluding carboxylic acids is 3. The number of rotatable bonds is 6. The fourth-order valence-corrected chi connectivity index (χ4v) is 3.89. The zero-order valence-electron chi connectivity index (χ0n) is 16.4. The van der Waals surface area contributed by atoms with Gasteiger partial charge in [0.25, 0.3) is 5.91 Å². The SMILES string of the molecule is CCCNCc1ccnc(-c2ccc3c(c2)CN(C2CCC(=O)NC2=O)C3=O)c1. The van der Waals surface area contributed by atoms with E-state index in [2.05, 4.69) is 28.6 Å². The molecule has 0 aliphatic carbocycles. The van der Waals surface area contributed by atoms with E-state index in [0.29, 0.717) is 18.5 Å². The standard InChI is InChI=1S/C22H24N4O3/c1-2-8-23-12-14-7-9-24-18(10-14)15-3-4-17-16(11-15)13-26(22(17)29)19-5-6-20(27)25-21(19)28/h3-4,7,9-11,19,23H,2,5-6,8,12-13H2,1H3,(H,25,27,28). The third kappa shape index (κ3) is 3.91.